The van der Waals surface area contributed by atoms with Gasteiger partial charge in [-0.25, -0.2) is 0 Å². The van der Waals surface area contributed by atoms with E-state index >= 15 is 0 Å². The molecule has 0 radical (unpaired) electrons. The van der Waals surface area contributed by atoms with Gasteiger partial charge in [0.05, 0.1) is 4.88 Å². The van der Waals surface area contributed by atoms with E-state index in [1.807, 2.05) is 35.7 Å². The van der Waals surface area contributed by atoms with Crippen molar-refractivity contribution in [3.63, 3.8) is 0 Å². The average molecular weight is 310 g/mol. The van der Waals surface area contributed by atoms with E-state index in [0.717, 1.165) is 21.8 Å². The van der Waals surface area contributed by atoms with Crippen LogP contribution in [-0.4, -0.2) is 10.5 Å². The number of thiophene rings is 1. The number of rotatable bonds is 4. The molecule has 1 amide bonds. The Hall–Kier alpha value is -2.33. The fourth-order valence-electron chi connectivity index (χ4n) is 2.65. The molecule has 3 nitrogen and oxygen atoms in total. The molecule has 0 aliphatic carbocycles. The van der Waals surface area contributed by atoms with E-state index in [0.29, 0.717) is 6.54 Å². The van der Waals surface area contributed by atoms with Crippen LogP contribution in [-0.2, 0) is 6.54 Å². The Bertz CT molecular complexity index is 773. The summed E-state index contributed by atoms with van der Waals surface area (Å²) in [6.45, 7) is 4.72. The van der Waals surface area contributed by atoms with E-state index in [4.69, 9.17) is 0 Å². The predicted molar refractivity (Wildman–Crippen MR) is 90.7 cm³/mol. The highest BCUT2D eigenvalue weighted by Gasteiger charge is 2.12. The van der Waals surface area contributed by atoms with Crippen molar-refractivity contribution < 1.29 is 4.79 Å². The van der Waals surface area contributed by atoms with Crippen molar-refractivity contribution in [2.24, 2.45) is 0 Å². The van der Waals surface area contributed by atoms with Gasteiger partial charge in [0, 0.05) is 23.6 Å². The number of carbonyl (C=O) groups is 1. The van der Waals surface area contributed by atoms with Crippen molar-refractivity contribution >= 4 is 17.2 Å². The quantitative estimate of drug-likeness (QED) is 0.774. The summed E-state index contributed by atoms with van der Waals surface area (Å²) in [6, 6.07) is 16.1. The molecular formula is C18H18N2OS. The van der Waals surface area contributed by atoms with Gasteiger partial charge in [-0.1, -0.05) is 24.3 Å². The van der Waals surface area contributed by atoms with Crippen LogP contribution in [0.15, 0.2) is 53.9 Å². The molecule has 3 aromatic rings. The third-order valence-corrected chi connectivity index (χ3v) is 4.60. The van der Waals surface area contributed by atoms with E-state index in [2.05, 4.69) is 41.9 Å². The zero-order valence-electron chi connectivity index (χ0n) is 12.7. The molecule has 2 heterocycles. The van der Waals surface area contributed by atoms with Crippen LogP contribution in [0, 0.1) is 13.8 Å². The lowest BCUT2D eigenvalue weighted by molar-refractivity contribution is 0.0955. The summed E-state index contributed by atoms with van der Waals surface area (Å²) in [5.74, 6) is -0.0143. The lowest BCUT2D eigenvalue weighted by Gasteiger charge is -2.10. The molecule has 0 bridgehead atoms. The van der Waals surface area contributed by atoms with Crippen LogP contribution >= 0.6 is 11.3 Å². The minimum absolute atomic E-state index is 0.0143. The molecule has 1 N–H and O–H groups in total. The molecule has 0 aliphatic heterocycles. The second-order valence-electron chi connectivity index (χ2n) is 5.23. The Morgan fingerprint density at radius 2 is 1.91 bits per heavy atom. The Morgan fingerprint density at radius 1 is 1.14 bits per heavy atom. The van der Waals surface area contributed by atoms with Crippen LogP contribution in [0.25, 0.3) is 5.69 Å². The number of nitrogens with zero attached hydrogens (tertiary/aromatic N) is 1. The fraction of sp³-hybridized carbons (Fsp3) is 0.167. The highest BCUT2D eigenvalue weighted by atomic mass is 32.1. The number of aromatic nitrogens is 1. The lowest BCUT2D eigenvalue weighted by atomic mass is 10.2. The number of aryl methyl sites for hydroxylation is 1. The maximum absolute atomic E-state index is 12.0. The summed E-state index contributed by atoms with van der Waals surface area (Å²) in [6.07, 6.45) is 0. The zero-order valence-corrected chi connectivity index (χ0v) is 13.5. The Kier molecular flexibility index (Phi) is 4.11. The smallest absolute Gasteiger partial charge is 0.261 e. The minimum atomic E-state index is -0.0143. The van der Waals surface area contributed by atoms with Crippen LogP contribution in [0.1, 0.15) is 26.6 Å². The van der Waals surface area contributed by atoms with Gasteiger partial charge in [0.15, 0.2) is 0 Å². The standard InChI is InChI=1S/C18H18N2OS/c1-13-11-15(12-19-18(21)17-9-6-10-22-17)14(2)20(13)16-7-4-3-5-8-16/h3-11H,12H2,1-2H3,(H,19,21). The van der Waals surface area contributed by atoms with E-state index in [1.54, 1.807) is 0 Å². The molecule has 0 spiro atoms. The lowest BCUT2D eigenvalue weighted by Crippen LogP contribution is -2.22. The topological polar surface area (TPSA) is 34.0 Å². The van der Waals surface area contributed by atoms with Crippen molar-refractivity contribution in [2.75, 3.05) is 0 Å². The monoisotopic (exact) mass is 310 g/mol. The minimum Gasteiger partial charge on any atom is -0.347 e. The van der Waals surface area contributed by atoms with Gasteiger partial charge in [0.2, 0.25) is 0 Å². The number of hydrogen-bond acceptors (Lipinski definition) is 2. The van der Waals surface area contributed by atoms with E-state index in [9.17, 15) is 4.79 Å². The Labute approximate surface area is 134 Å². The van der Waals surface area contributed by atoms with Gasteiger partial charge >= 0.3 is 0 Å². The number of benzene rings is 1. The summed E-state index contributed by atoms with van der Waals surface area (Å²) in [5, 5.41) is 4.91. The third-order valence-electron chi connectivity index (χ3n) is 3.73. The molecule has 1 aromatic carbocycles. The van der Waals surface area contributed by atoms with Crippen molar-refractivity contribution in [2.45, 2.75) is 20.4 Å². The van der Waals surface area contributed by atoms with Gasteiger partial charge in [-0.2, -0.15) is 0 Å². The van der Waals surface area contributed by atoms with Gasteiger partial charge in [0.1, 0.15) is 0 Å². The van der Waals surface area contributed by atoms with Crippen molar-refractivity contribution in [3.05, 3.63) is 75.7 Å². The molecule has 2 aromatic heterocycles. The largest absolute Gasteiger partial charge is 0.347 e. The van der Waals surface area contributed by atoms with Gasteiger partial charge in [-0.3, -0.25) is 4.79 Å². The molecule has 22 heavy (non-hydrogen) atoms. The van der Waals surface area contributed by atoms with Crippen molar-refractivity contribution in [1.82, 2.24) is 9.88 Å². The second-order valence-corrected chi connectivity index (χ2v) is 6.18. The predicted octanol–water partition coefficient (Wildman–Crippen LogP) is 4.09. The Balaban J connectivity index is 1.80. The number of nitrogens with one attached hydrogen (secondary N) is 1. The van der Waals surface area contributed by atoms with Gasteiger partial charge in [0.25, 0.3) is 5.91 Å². The summed E-state index contributed by atoms with van der Waals surface area (Å²) < 4.78 is 2.21. The highest BCUT2D eigenvalue weighted by molar-refractivity contribution is 7.12. The normalized spacial score (nSPS) is 10.6. The summed E-state index contributed by atoms with van der Waals surface area (Å²) in [5.41, 5.74) is 4.62. The van der Waals surface area contributed by atoms with Crippen LogP contribution in [0.3, 0.4) is 0 Å². The molecule has 0 aliphatic rings. The molecule has 0 saturated heterocycles. The van der Waals surface area contributed by atoms with E-state index in [1.165, 1.54) is 17.0 Å². The first-order valence-corrected chi connectivity index (χ1v) is 8.09. The second kappa shape index (κ2) is 6.20. The SMILES string of the molecule is Cc1cc(CNC(=O)c2cccs2)c(C)n1-c1ccccc1. The van der Waals surface area contributed by atoms with Crippen LogP contribution in [0.4, 0.5) is 0 Å². The van der Waals surface area contributed by atoms with Crippen LogP contribution < -0.4 is 5.32 Å². The highest BCUT2D eigenvalue weighted by Crippen LogP contribution is 2.20. The van der Waals surface area contributed by atoms with Gasteiger partial charge in [-0.05, 0) is 49.1 Å². The number of para-hydroxylation sites is 1. The molecule has 0 atom stereocenters. The summed E-state index contributed by atoms with van der Waals surface area (Å²) >= 11 is 1.46. The van der Waals surface area contributed by atoms with E-state index in [-0.39, 0.29) is 5.91 Å². The first-order chi connectivity index (χ1) is 10.7. The fourth-order valence-corrected chi connectivity index (χ4v) is 3.29. The average Bonchev–Trinajstić information content (AvgIpc) is 3.15. The first kappa shape index (κ1) is 14.6. The molecule has 0 saturated carbocycles. The zero-order chi connectivity index (χ0) is 15.5. The van der Waals surface area contributed by atoms with Gasteiger partial charge in [-0.15, -0.1) is 11.3 Å². The first-order valence-electron chi connectivity index (χ1n) is 7.22. The van der Waals surface area contributed by atoms with Crippen LogP contribution in [0.5, 0.6) is 0 Å². The maximum atomic E-state index is 12.0. The molecule has 112 valence electrons. The van der Waals surface area contributed by atoms with Gasteiger partial charge < -0.3 is 9.88 Å². The molecular weight excluding hydrogens is 292 g/mol. The molecule has 0 fully saturated rings. The molecule has 0 unspecified atom stereocenters. The van der Waals surface area contributed by atoms with E-state index < -0.39 is 0 Å². The van der Waals surface area contributed by atoms with Crippen molar-refractivity contribution in [3.8, 4) is 5.69 Å². The maximum Gasteiger partial charge on any atom is 0.261 e. The molecule has 4 heteroatoms. The summed E-state index contributed by atoms with van der Waals surface area (Å²) in [7, 11) is 0. The van der Waals surface area contributed by atoms with Crippen molar-refractivity contribution in [1.29, 1.82) is 0 Å². The van der Waals surface area contributed by atoms with Crippen LogP contribution in [0.2, 0.25) is 0 Å². The summed E-state index contributed by atoms with van der Waals surface area (Å²) in [4.78, 5) is 12.8. The third kappa shape index (κ3) is 2.83. The molecule has 3 rings (SSSR count). The number of carbonyl (C=O) groups excluding carboxylic acids is 1. The number of amides is 1. The number of hydrogen-bond donors (Lipinski definition) is 1. The Morgan fingerprint density at radius 3 is 2.59 bits per heavy atom.